The third-order valence-electron chi connectivity index (χ3n) is 4.53. The number of likely N-dealkylation sites (N-methyl/N-ethyl adjacent to an activating group) is 1. The van der Waals surface area contributed by atoms with Crippen LogP contribution in [-0.2, 0) is 0 Å². The molecule has 0 radical (unpaired) electrons. The highest BCUT2D eigenvalue weighted by atomic mass is 32.1. The van der Waals surface area contributed by atoms with E-state index in [9.17, 15) is 9.18 Å². The van der Waals surface area contributed by atoms with Crippen molar-refractivity contribution in [2.75, 3.05) is 31.6 Å². The number of hydrogen-bond acceptors (Lipinski definition) is 5. The normalized spacial score (nSPS) is 10.9. The van der Waals surface area contributed by atoms with Gasteiger partial charge in [0.15, 0.2) is 0 Å². The van der Waals surface area contributed by atoms with Gasteiger partial charge in [0.1, 0.15) is 28.1 Å². The summed E-state index contributed by atoms with van der Waals surface area (Å²) in [5.41, 5.74) is 0.981. The van der Waals surface area contributed by atoms with Crippen LogP contribution in [0.25, 0.3) is 10.6 Å². The molecule has 0 spiro atoms. The summed E-state index contributed by atoms with van der Waals surface area (Å²) in [6.07, 6.45) is 1.46. The zero-order chi connectivity index (χ0) is 20.6. The SMILES string of the molecule is CCN(CC)CCOc1ccccc1NC(=O)c1cnc(-c2ccccc2F)s1. The number of anilines is 1. The Kier molecular flexibility index (Phi) is 7.32. The molecule has 3 rings (SSSR count). The van der Waals surface area contributed by atoms with Crippen LogP contribution in [0.5, 0.6) is 5.75 Å². The zero-order valence-electron chi connectivity index (χ0n) is 16.5. The monoisotopic (exact) mass is 413 g/mol. The summed E-state index contributed by atoms with van der Waals surface area (Å²) in [5.74, 6) is -0.0440. The van der Waals surface area contributed by atoms with Gasteiger partial charge in [-0.25, -0.2) is 9.37 Å². The molecule has 0 aliphatic rings. The summed E-state index contributed by atoms with van der Waals surface area (Å²) < 4.78 is 19.8. The number of para-hydroxylation sites is 2. The van der Waals surface area contributed by atoms with Gasteiger partial charge in [-0.15, -0.1) is 11.3 Å². The van der Waals surface area contributed by atoms with Gasteiger partial charge < -0.3 is 15.0 Å². The van der Waals surface area contributed by atoms with Gasteiger partial charge in [-0.1, -0.05) is 38.1 Å². The molecule has 5 nitrogen and oxygen atoms in total. The number of hydrogen-bond donors (Lipinski definition) is 1. The molecular formula is C22H24FN3O2S. The fourth-order valence-electron chi connectivity index (χ4n) is 2.84. The number of rotatable bonds is 9. The van der Waals surface area contributed by atoms with Gasteiger partial charge in [0.05, 0.1) is 11.9 Å². The molecule has 152 valence electrons. The standard InChI is InChI=1S/C22H24FN3O2S/c1-3-26(4-2)13-14-28-19-12-8-7-11-18(19)25-21(27)20-15-24-22(29-20)16-9-5-6-10-17(16)23/h5-12,15H,3-4,13-14H2,1-2H3,(H,25,27). The first-order valence-electron chi connectivity index (χ1n) is 9.58. The van der Waals surface area contributed by atoms with Crippen molar-refractivity contribution in [2.45, 2.75) is 13.8 Å². The van der Waals surface area contributed by atoms with E-state index in [0.29, 0.717) is 33.5 Å². The Hall–Kier alpha value is -2.77. The third-order valence-corrected chi connectivity index (χ3v) is 5.56. The lowest BCUT2D eigenvalue weighted by Gasteiger charge is -2.19. The highest BCUT2D eigenvalue weighted by Gasteiger charge is 2.15. The average molecular weight is 414 g/mol. The highest BCUT2D eigenvalue weighted by Crippen LogP contribution is 2.29. The molecule has 0 saturated heterocycles. The number of carbonyl (C=O) groups is 1. The zero-order valence-corrected chi connectivity index (χ0v) is 17.3. The van der Waals surface area contributed by atoms with Crippen molar-refractivity contribution in [3.8, 4) is 16.3 Å². The minimum Gasteiger partial charge on any atom is -0.490 e. The van der Waals surface area contributed by atoms with Gasteiger partial charge in [0.25, 0.3) is 5.91 Å². The van der Waals surface area contributed by atoms with Gasteiger partial charge in [0.2, 0.25) is 0 Å². The first kappa shape index (κ1) is 21.0. The number of halogens is 1. The maximum absolute atomic E-state index is 14.0. The topological polar surface area (TPSA) is 54.5 Å². The average Bonchev–Trinajstić information content (AvgIpc) is 3.23. The van der Waals surface area contributed by atoms with E-state index in [2.05, 4.69) is 29.0 Å². The van der Waals surface area contributed by atoms with Crippen molar-refractivity contribution in [1.82, 2.24) is 9.88 Å². The maximum Gasteiger partial charge on any atom is 0.267 e. The van der Waals surface area contributed by atoms with Gasteiger partial charge in [-0.05, 0) is 37.4 Å². The van der Waals surface area contributed by atoms with E-state index < -0.39 is 0 Å². The van der Waals surface area contributed by atoms with Crippen molar-refractivity contribution in [1.29, 1.82) is 0 Å². The Balaban J connectivity index is 1.68. The van der Waals surface area contributed by atoms with Crippen LogP contribution >= 0.6 is 11.3 Å². The lowest BCUT2D eigenvalue weighted by atomic mass is 10.2. The van der Waals surface area contributed by atoms with Crippen LogP contribution in [0, 0.1) is 5.82 Å². The molecule has 3 aromatic rings. The minimum absolute atomic E-state index is 0.301. The molecule has 0 aliphatic heterocycles. The van der Waals surface area contributed by atoms with Crippen LogP contribution in [0.4, 0.5) is 10.1 Å². The van der Waals surface area contributed by atoms with E-state index in [0.717, 1.165) is 31.0 Å². The predicted octanol–water partition coefficient (Wildman–Crippen LogP) is 4.92. The molecule has 1 amide bonds. The lowest BCUT2D eigenvalue weighted by Crippen LogP contribution is -2.28. The number of ether oxygens (including phenoxy) is 1. The fraction of sp³-hybridized carbons (Fsp3) is 0.273. The largest absolute Gasteiger partial charge is 0.490 e. The number of amides is 1. The van der Waals surface area contributed by atoms with Gasteiger partial charge in [-0.2, -0.15) is 0 Å². The van der Waals surface area contributed by atoms with Crippen LogP contribution in [0.15, 0.2) is 54.7 Å². The first-order chi connectivity index (χ1) is 14.1. The molecule has 1 N–H and O–H groups in total. The Morgan fingerprint density at radius 1 is 1.14 bits per heavy atom. The van der Waals surface area contributed by atoms with E-state index in [-0.39, 0.29) is 11.7 Å². The number of thiazole rings is 1. The van der Waals surface area contributed by atoms with Crippen molar-refractivity contribution in [3.05, 3.63) is 65.4 Å². The van der Waals surface area contributed by atoms with Crippen LogP contribution in [0.1, 0.15) is 23.5 Å². The second-order valence-electron chi connectivity index (χ2n) is 6.34. The van der Waals surface area contributed by atoms with Crippen LogP contribution < -0.4 is 10.1 Å². The minimum atomic E-state index is -0.360. The second-order valence-corrected chi connectivity index (χ2v) is 7.37. The molecule has 0 atom stereocenters. The van der Waals surface area contributed by atoms with E-state index in [1.807, 2.05) is 18.2 Å². The van der Waals surface area contributed by atoms with Gasteiger partial charge in [0, 0.05) is 12.1 Å². The molecule has 0 fully saturated rings. The fourth-order valence-corrected chi connectivity index (χ4v) is 3.68. The maximum atomic E-state index is 14.0. The lowest BCUT2D eigenvalue weighted by molar-refractivity contribution is 0.102. The van der Waals surface area contributed by atoms with E-state index in [4.69, 9.17) is 4.74 Å². The predicted molar refractivity (Wildman–Crippen MR) is 115 cm³/mol. The smallest absolute Gasteiger partial charge is 0.267 e. The Labute approximate surface area is 174 Å². The van der Waals surface area contributed by atoms with E-state index >= 15 is 0 Å². The van der Waals surface area contributed by atoms with Crippen molar-refractivity contribution in [2.24, 2.45) is 0 Å². The van der Waals surface area contributed by atoms with Crippen molar-refractivity contribution >= 4 is 22.9 Å². The van der Waals surface area contributed by atoms with Gasteiger partial charge in [-0.3, -0.25) is 4.79 Å². The number of benzene rings is 2. The second kappa shape index (κ2) is 10.1. The van der Waals surface area contributed by atoms with Crippen LogP contribution in [-0.4, -0.2) is 42.0 Å². The number of carbonyl (C=O) groups excluding carboxylic acids is 1. The highest BCUT2D eigenvalue weighted by molar-refractivity contribution is 7.17. The number of nitrogens with one attached hydrogen (secondary N) is 1. The molecule has 0 aliphatic carbocycles. The molecule has 7 heteroatoms. The third kappa shape index (κ3) is 5.40. The quantitative estimate of drug-likeness (QED) is 0.541. The first-order valence-corrected chi connectivity index (χ1v) is 10.4. The van der Waals surface area contributed by atoms with Crippen molar-refractivity contribution in [3.63, 3.8) is 0 Å². The van der Waals surface area contributed by atoms with E-state index in [1.165, 1.54) is 12.3 Å². The molecule has 1 aromatic heterocycles. The molecule has 0 unspecified atom stereocenters. The molecule has 1 heterocycles. The summed E-state index contributed by atoms with van der Waals surface area (Å²) in [6, 6.07) is 13.7. The van der Waals surface area contributed by atoms with E-state index in [1.54, 1.807) is 24.3 Å². The Morgan fingerprint density at radius 3 is 2.62 bits per heavy atom. The van der Waals surface area contributed by atoms with Crippen LogP contribution in [0.2, 0.25) is 0 Å². The molecule has 2 aromatic carbocycles. The van der Waals surface area contributed by atoms with Crippen molar-refractivity contribution < 1.29 is 13.9 Å². The summed E-state index contributed by atoms with van der Waals surface area (Å²) in [5, 5.41) is 3.34. The van der Waals surface area contributed by atoms with Crippen LogP contribution in [0.3, 0.4) is 0 Å². The summed E-state index contributed by atoms with van der Waals surface area (Å²) in [4.78, 5) is 19.5. The number of nitrogens with zero attached hydrogens (tertiary/aromatic N) is 2. The molecule has 0 saturated carbocycles. The number of aromatic nitrogens is 1. The van der Waals surface area contributed by atoms with Gasteiger partial charge >= 0.3 is 0 Å². The summed E-state index contributed by atoms with van der Waals surface area (Å²) >= 11 is 1.15. The Bertz CT molecular complexity index is 956. The molecule has 0 bridgehead atoms. The molecule has 29 heavy (non-hydrogen) atoms. The Morgan fingerprint density at radius 2 is 1.86 bits per heavy atom. The molecular weight excluding hydrogens is 389 g/mol. The summed E-state index contributed by atoms with van der Waals surface area (Å²) in [6.45, 7) is 7.51. The summed E-state index contributed by atoms with van der Waals surface area (Å²) in [7, 11) is 0.